The van der Waals surface area contributed by atoms with Crippen LogP contribution in [0.3, 0.4) is 0 Å². The van der Waals surface area contributed by atoms with Crippen LogP contribution in [0.15, 0.2) is 18.2 Å². The highest BCUT2D eigenvalue weighted by molar-refractivity contribution is 6.32. The minimum Gasteiger partial charge on any atom is -0.482 e. The Balaban J connectivity index is 2.43. The number of ether oxygens (including phenoxy) is 1. The molecule has 2 radical (unpaired) electrons. The summed E-state index contributed by atoms with van der Waals surface area (Å²) in [6.45, 7) is 0.0659. The third kappa shape index (κ3) is 1.16. The highest BCUT2D eigenvalue weighted by Crippen LogP contribution is 2.24. The fraction of sp³-hybridized carbons (Fsp3) is 0.125. The highest BCUT2D eigenvalue weighted by Gasteiger charge is 2.14. The molecule has 1 N–H and O–H groups in total. The summed E-state index contributed by atoms with van der Waals surface area (Å²) in [4.78, 5) is 10.8. The second kappa shape index (κ2) is 2.55. The van der Waals surface area contributed by atoms with Crippen molar-refractivity contribution >= 4 is 24.9 Å². The first kappa shape index (κ1) is 7.22. The van der Waals surface area contributed by atoms with Gasteiger partial charge in [-0.3, -0.25) is 4.79 Å². The SMILES string of the molecule is [B]c1ccc2c(c1)OCC(=O)N2. The molecule has 3 nitrogen and oxygen atoms in total. The van der Waals surface area contributed by atoms with E-state index in [1.807, 2.05) is 0 Å². The van der Waals surface area contributed by atoms with Crippen LogP contribution < -0.4 is 15.5 Å². The Morgan fingerprint density at radius 2 is 2.33 bits per heavy atom. The fourth-order valence-corrected chi connectivity index (χ4v) is 1.09. The average molecular weight is 159 g/mol. The molecule has 1 aliphatic rings. The number of benzene rings is 1. The number of fused-ring (bicyclic) bond motifs is 1. The fourth-order valence-electron chi connectivity index (χ4n) is 1.09. The molecule has 0 bridgehead atoms. The third-order valence-electron chi connectivity index (χ3n) is 1.64. The zero-order chi connectivity index (χ0) is 8.55. The molecule has 0 spiro atoms. The van der Waals surface area contributed by atoms with E-state index in [1.165, 1.54) is 0 Å². The third-order valence-corrected chi connectivity index (χ3v) is 1.64. The van der Waals surface area contributed by atoms with Crippen molar-refractivity contribution in [1.29, 1.82) is 0 Å². The van der Waals surface area contributed by atoms with E-state index in [9.17, 15) is 4.79 Å². The Morgan fingerprint density at radius 1 is 1.50 bits per heavy atom. The van der Waals surface area contributed by atoms with E-state index in [1.54, 1.807) is 18.2 Å². The minimum absolute atomic E-state index is 0.0659. The van der Waals surface area contributed by atoms with Crippen LogP contribution in [-0.4, -0.2) is 20.4 Å². The molecule has 58 valence electrons. The maximum Gasteiger partial charge on any atom is 0.262 e. The van der Waals surface area contributed by atoms with Crippen molar-refractivity contribution in [2.45, 2.75) is 0 Å². The number of carbonyl (C=O) groups is 1. The van der Waals surface area contributed by atoms with Gasteiger partial charge in [-0.25, -0.2) is 0 Å². The van der Waals surface area contributed by atoms with Gasteiger partial charge in [0.2, 0.25) is 0 Å². The number of rotatable bonds is 0. The largest absolute Gasteiger partial charge is 0.482 e. The van der Waals surface area contributed by atoms with Gasteiger partial charge in [0.15, 0.2) is 6.61 Å². The molecule has 1 heterocycles. The summed E-state index contributed by atoms with van der Waals surface area (Å²) in [6, 6.07) is 5.13. The monoisotopic (exact) mass is 159 g/mol. The quantitative estimate of drug-likeness (QED) is 0.532. The molecule has 0 aromatic heterocycles. The van der Waals surface area contributed by atoms with E-state index >= 15 is 0 Å². The van der Waals surface area contributed by atoms with Gasteiger partial charge >= 0.3 is 0 Å². The number of nitrogens with one attached hydrogen (secondary N) is 1. The van der Waals surface area contributed by atoms with Crippen LogP contribution in [0.25, 0.3) is 0 Å². The standard InChI is InChI=1S/C8H6BNO2/c9-5-1-2-6-7(3-5)12-4-8(11)10-6/h1-3H,4H2,(H,10,11). The van der Waals surface area contributed by atoms with E-state index in [0.29, 0.717) is 16.9 Å². The molecular weight excluding hydrogens is 153 g/mol. The Labute approximate surface area is 71.1 Å². The number of anilines is 1. The number of carbonyl (C=O) groups excluding carboxylic acids is 1. The first-order valence-corrected chi connectivity index (χ1v) is 3.58. The van der Waals surface area contributed by atoms with Crippen molar-refractivity contribution in [3.05, 3.63) is 18.2 Å². The van der Waals surface area contributed by atoms with Gasteiger partial charge in [0, 0.05) is 0 Å². The smallest absolute Gasteiger partial charge is 0.262 e. The van der Waals surface area contributed by atoms with Gasteiger partial charge in [-0.1, -0.05) is 11.5 Å². The van der Waals surface area contributed by atoms with Gasteiger partial charge in [0.1, 0.15) is 13.6 Å². The molecule has 0 saturated heterocycles. The van der Waals surface area contributed by atoms with E-state index in [0.717, 1.165) is 0 Å². The zero-order valence-corrected chi connectivity index (χ0v) is 6.33. The second-order valence-corrected chi connectivity index (χ2v) is 2.59. The lowest BCUT2D eigenvalue weighted by Crippen LogP contribution is -2.26. The molecule has 0 saturated carbocycles. The lowest BCUT2D eigenvalue weighted by Gasteiger charge is -2.17. The summed E-state index contributed by atoms with van der Waals surface area (Å²) in [5.41, 5.74) is 1.31. The van der Waals surface area contributed by atoms with Crippen LogP contribution in [0, 0.1) is 0 Å². The van der Waals surface area contributed by atoms with Crippen LogP contribution >= 0.6 is 0 Å². The summed E-state index contributed by atoms with van der Waals surface area (Å²) in [6.07, 6.45) is 0. The van der Waals surface area contributed by atoms with Crippen molar-refractivity contribution < 1.29 is 9.53 Å². The van der Waals surface area contributed by atoms with Crippen molar-refractivity contribution in [1.82, 2.24) is 0 Å². The van der Waals surface area contributed by atoms with Crippen molar-refractivity contribution in [3.8, 4) is 5.75 Å². The summed E-state index contributed by atoms with van der Waals surface area (Å²) in [7, 11) is 5.52. The Bertz CT molecular complexity index is 338. The Morgan fingerprint density at radius 3 is 3.17 bits per heavy atom. The molecule has 2 rings (SSSR count). The van der Waals surface area contributed by atoms with Gasteiger partial charge in [0.05, 0.1) is 5.69 Å². The van der Waals surface area contributed by atoms with Crippen molar-refractivity contribution in [2.75, 3.05) is 11.9 Å². The molecule has 4 heteroatoms. The molecule has 12 heavy (non-hydrogen) atoms. The van der Waals surface area contributed by atoms with Crippen LogP contribution in [-0.2, 0) is 4.79 Å². The van der Waals surface area contributed by atoms with E-state index < -0.39 is 0 Å². The number of hydrogen-bond acceptors (Lipinski definition) is 2. The number of hydrogen-bond donors (Lipinski definition) is 1. The normalized spacial score (nSPS) is 14.5. The van der Waals surface area contributed by atoms with Crippen LogP contribution in [0.4, 0.5) is 5.69 Å². The van der Waals surface area contributed by atoms with E-state index in [2.05, 4.69) is 5.32 Å². The Hall–Kier alpha value is -1.45. The summed E-state index contributed by atoms with van der Waals surface area (Å²) < 4.78 is 5.12. The maximum atomic E-state index is 10.8. The summed E-state index contributed by atoms with van der Waals surface area (Å²) in [5, 5.41) is 2.67. The maximum absolute atomic E-state index is 10.8. The first-order valence-electron chi connectivity index (χ1n) is 3.58. The molecular formula is C8H6BNO2. The number of amides is 1. The molecule has 1 aromatic rings. The topological polar surface area (TPSA) is 38.3 Å². The predicted octanol–water partition coefficient (Wildman–Crippen LogP) is -0.189. The van der Waals surface area contributed by atoms with Crippen LogP contribution in [0.5, 0.6) is 5.75 Å². The van der Waals surface area contributed by atoms with Crippen LogP contribution in [0.1, 0.15) is 0 Å². The van der Waals surface area contributed by atoms with Gasteiger partial charge < -0.3 is 10.1 Å². The van der Waals surface area contributed by atoms with Gasteiger partial charge in [-0.2, -0.15) is 0 Å². The predicted molar refractivity (Wildman–Crippen MR) is 46.0 cm³/mol. The Kier molecular flexibility index (Phi) is 1.53. The molecule has 1 aliphatic heterocycles. The summed E-state index contributed by atoms with van der Waals surface area (Å²) >= 11 is 0. The van der Waals surface area contributed by atoms with Gasteiger partial charge in [-0.15, -0.1) is 0 Å². The first-order chi connectivity index (χ1) is 5.75. The van der Waals surface area contributed by atoms with E-state index in [4.69, 9.17) is 12.6 Å². The molecule has 1 amide bonds. The van der Waals surface area contributed by atoms with Crippen LogP contribution in [0.2, 0.25) is 0 Å². The lowest BCUT2D eigenvalue weighted by atomic mass is 9.95. The lowest BCUT2D eigenvalue weighted by molar-refractivity contribution is -0.118. The second-order valence-electron chi connectivity index (χ2n) is 2.59. The molecule has 0 aliphatic carbocycles. The van der Waals surface area contributed by atoms with E-state index in [-0.39, 0.29) is 12.5 Å². The average Bonchev–Trinajstić information content (AvgIpc) is 2.05. The van der Waals surface area contributed by atoms with Crippen molar-refractivity contribution in [2.24, 2.45) is 0 Å². The van der Waals surface area contributed by atoms with Gasteiger partial charge in [-0.05, 0) is 12.1 Å². The van der Waals surface area contributed by atoms with Crippen molar-refractivity contribution in [3.63, 3.8) is 0 Å². The zero-order valence-electron chi connectivity index (χ0n) is 6.33. The molecule has 1 aromatic carbocycles. The van der Waals surface area contributed by atoms with Gasteiger partial charge in [0.25, 0.3) is 5.91 Å². The molecule has 0 atom stereocenters. The molecule has 0 fully saturated rings. The summed E-state index contributed by atoms with van der Waals surface area (Å²) in [5.74, 6) is 0.502. The minimum atomic E-state index is -0.132. The molecule has 0 unspecified atom stereocenters. The highest BCUT2D eigenvalue weighted by atomic mass is 16.5.